The summed E-state index contributed by atoms with van der Waals surface area (Å²) in [6.45, 7) is 6.65. The lowest BCUT2D eigenvalue weighted by Crippen LogP contribution is -2.71. The standard InChI is InChI=1S/C14H15N5O5S2.C5H10O2.ClH/c1-5-3-25-12-8(11(21)19(12)9(5)13(22)23)17-10(20)7(18-24-2)6-4-26-14(15)16-6;1-5(2,3)4(6)7;/h4,8,12H,3H2,1-2H3,(H2,15,16)(H,17,20)(H,22,23);1-3H3,(H,6,7);1H/t8-,12-;;/m1../s1. The van der Waals surface area contributed by atoms with Crippen LogP contribution >= 0.6 is 35.5 Å². The van der Waals surface area contributed by atoms with Gasteiger partial charge in [0, 0.05) is 11.1 Å². The van der Waals surface area contributed by atoms with Gasteiger partial charge in [0.05, 0.1) is 5.41 Å². The van der Waals surface area contributed by atoms with Crippen molar-refractivity contribution in [3.8, 4) is 0 Å². The molecule has 0 unspecified atom stereocenters. The lowest BCUT2D eigenvalue weighted by Gasteiger charge is -2.49. The summed E-state index contributed by atoms with van der Waals surface area (Å²) in [4.78, 5) is 56.2. The molecule has 15 heteroatoms. The van der Waals surface area contributed by atoms with Crippen LogP contribution < -0.4 is 11.1 Å². The number of nitrogens with zero attached hydrogens (tertiary/aromatic N) is 3. The Balaban J connectivity index is 0.000000633. The zero-order valence-corrected chi connectivity index (χ0v) is 21.5. The molecule has 3 heterocycles. The molecule has 0 bridgehead atoms. The van der Waals surface area contributed by atoms with E-state index in [-0.39, 0.29) is 34.6 Å². The maximum absolute atomic E-state index is 12.5. The lowest BCUT2D eigenvalue weighted by molar-refractivity contribution is -0.150. The van der Waals surface area contributed by atoms with Crippen LogP contribution in [0.2, 0.25) is 0 Å². The monoisotopic (exact) mass is 535 g/mol. The first kappa shape index (κ1) is 29.2. The van der Waals surface area contributed by atoms with Crippen molar-refractivity contribution < 1.29 is 34.2 Å². The SMILES string of the molecule is CC(C)(C)C(=O)O.CON=C(C(=O)N[C@@H]1C(=O)N2C(C(=O)O)=C(C)CS[C@H]12)c1csc(N)n1.Cl. The third-order valence-corrected chi connectivity index (χ3v) is 6.55. The minimum atomic E-state index is -1.16. The topological polar surface area (TPSA) is 185 Å². The van der Waals surface area contributed by atoms with E-state index in [9.17, 15) is 24.3 Å². The number of fused-ring (bicyclic) bond motifs is 1. The van der Waals surface area contributed by atoms with Gasteiger partial charge in [-0.15, -0.1) is 35.5 Å². The molecule has 188 valence electrons. The number of carbonyl (C=O) groups is 4. The summed E-state index contributed by atoms with van der Waals surface area (Å²) in [5.74, 6) is -2.59. The Morgan fingerprint density at radius 3 is 2.35 bits per heavy atom. The van der Waals surface area contributed by atoms with Crippen LogP contribution in [-0.2, 0) is 24.0 Å². The number of carboxylic acids is 2. The first-order valence-electron chi connectivity index (χ1n) is 9.54. The average Bonchev–Trinajstić information content (AvgIpc) is 3.15. The lowest BCUT2D eigenvalue weighted by atomic mass is 9.98. The number of nitrogens with one attached hydrogen (secondary N) is 1. The van der Waals surface area contributed by atoms with Crippen molar-refractivity contribution in [2.45, 2.75) is 39.1 Å². The number of oxime groups is 1. The fraction of sp³-hybridized carbons (Fsp3) is 0.474. The number of rotatable bonds is 5. The number of aliphatic carboxylic acids is 2. The molecule has 34 heavy (non-hydrogen) atoms. The van der Waals surface area contributed by atoms with E-state index in [1.165, 1.54) is 23.8 Å². The number of hydrogen-bond donors (Lipinski definition) is 4. The van der Waals surface area contributed by atoms with E-state index in [2.05, 4.69) is 20.3 Å². The van der Waals surface area contributed by atoms with Gasteiger partial charge in [0.25, 0.3) is 11.8 Å². The Hall–Kier alpha value is -2.84. The predicted molar refractivity (Wildman–Crippen MR) is 130 cm³/mol. The van der Waals surface area contributed by atoms with Gasteiger partial charge in [0.2, 0.25) is 0 Å². The van der Waals surface area contributed by atoms with Crippen LogP contribution in [0.3, 0.4) is 0 Å². The Labute approximate surface area is 210 Å². The summed E-state index contributed by atoms with van der Waals surface area (Å²) in [5.41, 5.74) is 5.69. The van der Waals surface area contributed by atoms with Crippen LogP contribution in [0.25, 0.3) is 0 Å². The maximum Gasteiger partial charge on any atom is 0.352 e. The van der Waals surface area contributed by atoms with Crippen molar-refractivity contribution in [2.75, 3.05) is 18.6 Å². The molecule has 12 nitrogen and oxygen atoms in total. The molecule has 0 aliphatic carbocycles. The minimum Gasteiger partial charge on any atom is -0.481 e. The van der Waals surface area contributed by atoms with Gasteiger partial charge < -0.3 is 26.1 Å². The molecule has 1 fully saturated rings. The van der Waals surface area contributed by atoms with Crippen LogP contribution in [0.5, 0.6) is 0 Å². The summed E-state index contributed by atoms with van der Waals surface area (Å²) in [6.07, 6.45) is 0. The van der Waals surface area contributed by atoms with Crippen molar-refractivity contribution in [2.24, 2.45) is 10.6 Å². The van der Waals surface area contributed by atoms with Crippen LogP contribution in [0.15, 0.2) is 21.8 Å². The molecule has 2 atom stereocenters. The molecular weight excluding hydrogens is 510 g/mol. The molecule has 1 saturated heterocycles. The van der Waals surface area contributed by atoms with Gasteiger partial charge in [-0.05, 0) is 33.3 Å². The van der Waals surface area contributed by atoms with E-state index in [1.807, 2.05) is 0 Å². The van der Waals surface area contributed by atoms with Crippen molar-refractivity contribution in [3.05, 3.63) is 22.3 Å². The summed E-state index contributed by atoms with van der Waals surface area (Å²) >= 11 is 2.52. The van der Waals surface area contributed by atoms with E-state index >= 15 is 0 Å². The number of anilines is 1. The highest BCUT2D eigenvalue weighted by Crippen LogP contribution is 2.40. The summed E-state index contributed by atoms with van der Waals surface area (Å²) in [7, 11) is 1.28. The molecule has 1 aromatic rings. The van der Waals surface area contributed by atoms with Gasteiger partial charge in [-0.25, -0.2) is 9.78 Å². The van der Waals surface area contributed by atoms with Crippen LogP contribution in [0.4, 0.5) is 5.13 Å². The number of nitrogen functional groups attached to an aromatic ring is 1. The summed E-state index contributed by atoms with van der Waals surface area (Å²) in [6, 6.07) is -0.854. The molecule has 2 amide bonds. The highest BCUT2D eigenvalue weighted by molar-refractivity contribution is 8.00. The zero-order chi connectivity index (χ0) is 25.1. The van der Waals surface area contributed by atoms with Gasteiger partial charge >= 0.3 is 11.9 Å². The molecule has 0 radical (unpaired) electrons. The molecule has 2 aliphatic heterocycles. The first-order valence-corrected chi connectivity index (χ1v) is 11.5. The molecule has 3 rings (SSSR count). The smallest absolute Gasteiger partial charge is 0.352 e. The van der Waals surface area contributed by atoms with Gasteiger partial charge in [-0.1, -0.05) is 5.16 Å². The second-order valence-corrected chi connectivity index (χ2v) is 10.0. The molecule has 2 aliphatic rings. The number of aromatic nitrogens is 1. The third kappa shape index (κ3) is 6.39. The molecule has 5 N–H and O–H groups in total. The number of halogens is 1. The number of carboxylic acid groups (broad SMARTS) is 2. The molecular formula is C19H26ClN5O7S2. The van der Waals surface area contributed by atoms with Crippen molar-refractivity contribution in [1.29, 1.82) is 0 Å². The number of carbonyl (C=O) groups excluding carboxylic acids is 2. The predicted octanol–water partition coefficient (Wildman–Crippen LogP) is 1.37. The molecule has 0 saturated carbocycles. The van der Waals surface area contributed by atoms with Crippen LogP contribution in [0.1, 0.15) is 33.4 Å². The van der Waals surface area contributed by atoms with Gasteiger partial charge in [-0.3, -0.25) is 19.3 Å². The van der Waals surface area contributed by atoms with Crippen molar-refractivity contribution in [1.82, 2.24) is 15.2 Å². The van der Waals surface area contributed by atoms with Gasteiger partial charge in [0.1, 0.15) is 29.9 Å². The van der Waals surface area contributed by atoms with Crippen molar-refractivity contribution >= 4 is 70.1 Å². The maximum atomic E-state index is 12.5. The Morgan fingerprint density at radius 2 is 1.91 bits per heavy atom. The second-order valence-electron chi connectivity index (χ2n) is 8.04. The minimum absolute atomic E-state index is 0. The quantitative estimate of drug-likeness (QED) is 0.244. The first-order chi connectivity index (χ1) is 15.3. The number of nitrogens with two attached hydrogens (primary N) is 1. The van der Waals surface area contributed by atoms with E-state index in [0.29, 0.717) is 11.3 Å². The van der Waals surface area contributed by atoms with E-state index in [0.717, 1.165) is 11.3 Å². The number of β-lactam (4-membered cyclic amide) rings is 1. The van der Waals surface area contributed by atoms with Crippen LogP contribution in [-0.4, -0.2) is 73.8 Å². The number of amides is 2. The Morgan fingerprint density at radius 1 is 1.32 bits per heavy atom. The fourth-order valence-corrected chi connectivity index (χ4v) is 4.52. The largest absolute Gasteiger partial charge is 0.481 e. The fourth-order valence-electron chi connectivity index (χ4n) is 2.68. The highest BCUT2D eigenvalue weighted by atomic mass is 35.5. The molecule has 1 aromatic heterocycles. The van der Waals surface area contributed by atoms with E-state index in [1.54, 1.807) is 33.1 Å². The average molecular weight is 536 g/mol. The Kier molecular flexibility index (Phi) is 9.90. The van der Waals surface area contributed by atoms with E-state index < -0.39 is 40.6 Å². The van der Waals surface area contributed by atoms with Gasteiger partial charge in [0.15, 0.2) is 10.8 Å². The highest BCUT2D eigenvalue weighted by Gasteiger charge is 2.54. The van der Waals surface area contributed by atoms with Crippen LogP contribution in [0, 0.1) is 5.41 Å². The van der Waals surface area contributed by atoms with Gasteiger partial charge in [-0.2, -0.15) is 0 Å². The summed E-state index contributed by atoms with van der Waals surface area (Å²) in [5, 5.41) is 25.1. The number of thioether (sulfide) groups is 1. The number of hydrogen-bond acceptors (Lipinski definition) is 10. The third-order valence-electron chi connectivity index (χ3n) is 4.45. The Bertz CT molecular complexity index is 1030. The zero-order valence-electron chi connectivity index (χ0n) is 19.0. The summed E-state index contributed by atoms with van der Waals surface area (Å²) < 4.78 is 0. The second kappa shape index (κ2) is 11.5. The molecule has 0 aromatic carbocycles. The molecule has 0 spiro atoms. The normalized spacial score (nSPS) is 19.6. The number of thiazole rings is 1. The van der Waals surface area contributed by atoms with E-state index in [4.69, 9.17) is 10.8 Å². The van der Waals surface area contributed by atoms with Crippen molar-refractivity contribution in [3.63, 3.8) is 0 Å².